The third-order valence-electron chi connectivity index (χ3n) is 3.54. The van der Waals surface area contributed by atoms with Crippen LogP contribution in [0.1, 0.15) is 11.6 Å². The van der Waals surface area contributed by atoms with Crippen molar-refractivity contribution >= 4 is 11.8 Å². The first-order valence-electron chi connectivity index (χ1n) is 6.57. The predicted octanol–water partition coefficient (Wildman–Crippen LogP) is 0.135. The summed E-state index contributed by atoms with van der Waals surface area (Å²) in [5.74, 6) is -1.49. The van der Waals surface area contributed by atoms with Crippen molar-refractivity contribution in [3.63, 3.8) is 0 Å². The number of nitrogens with zero attached hydrogens (tertiary/aromatic N) is 2. The Kier molecular flexibility index (Phi) is 4.42. The zero-order chi connectivity index (χ0) is 15.6. The summed E-state index contributed by atoms with van der Waals surface area (Å²) in [7, 11) is 2.96. The van der Waals surface area contributed by atoms with Crippen molar-refractivity contribution in [2.75, 3.05) is 33.8 Å². The highest BCUT2D eigenvalue weighted by atomic mass is 19.1. The molecule has 1 heterocycles. The van der Waals surface area contributed by atoms with Crippen molar-refractivity contribution < 1.29 is 18.7 Å². The van der Waals surface area contributed by atoms with Crippen LogP contribution in [0.4, 0.5) is 4.39 Å². The fourth-order valence-electron chi connectivity index (χ4n) is 2.20. The monoisotopic (exact) mass is 295 g/mol. The van der Waals surface area contributed by atoms with E-state index >= 15 is 0 Å². The van der Waals surface area contributed by atoms with Gasteiger partial charge in [0.2, 0.25) is 0 Å². The van der Waals surface area contributed by atoms with Crippen molar-refractivity contribution in [3.05, 3.63) is 29.6 Å². The molecule has 1 unspecified atom stereocenters. The first-order chi connectivity index (χ1) is 9.93. The second kappa shape index (κ2) is 6.09. The first kappa shape index (κ1) is 15.2. The topological polar surface area (TPSA) is 75.9 Å². The summed E-state index contributed by atoms with van der Waals surface area (Å²) in [6.07, 6.45) is 0. The average Bonchev–Trinajstić information content (AvgIpc) is 2.47. The van der Waals surface area contributed by atoms with Crippen LogP contribution < -0.4 is 10.5 Å². The molecular weight excluding hydrogens is 277 g/mol. The van der Waals surface area contributed by atoms with Gasteiger partial charge in [-0.05, 0) is 17.7 Å². The number of amides is 2. The van der Waals surface area contributed by atoms with Crippen molar-refractivity contribution in [1.29, 1.82) is 0 Å². The van der Waals surface area contributed by atoms with Crippen molar-refractivity contribution in [3.8, 4) is 5.75 Å². The summed E-state index contributed by atoms with van der Waals surface area (Å²) >= 11 is 0. The molecule has 0 aromatic heterocycles. The van der Waals surface area contributed by atoms with E-state index in [1.807, 2.05) is 0 Å². The van der Waals surface area contributed by atoms with E-state index < -0.39 is 23.7 Å². The zero-order valence-electron chi connectivity index (χ0n) is 12.0. The molecule has 0 aliphatic carbocycles. The largest absolute Gasteiger partial charge is 0.494 e. The number of likely N-dealkylation sites (N-methyl/N-ethyl adjacent to an activating group) is 1. The maximum Gasteiger partial charge on any atom is 0.312 e. The van der Waals surface area contributed by atoms with Gasteiger partial charge in [0.25, 0.3) is 0 Å². The van der Waals surface area contributed by atoms with Crippen LogP contribution >= 0.6 is 0 Å². The van der Waals surface area contributed by atoms with Crippen LogP contribution in [-0.2, 0) is 9.59 Å². The fourth-order valence-corrected chi connectivity index (χ4v) is 2.20. The minimum atomic E-state index is -0.576. The molecule has 21 heavy (non-hydrogen) atoms. The standard InChI is InChI=1S/C14H18FN3O3/c1-17-5-6-18(14(20)13(17)19)8-11(16)9-3-4-12(21-2)10(15)7-9/h3-4,7,11H,5-6,8,16H2,1-2H3. The van der Waals surface area contributed by atoms with Gasteiger partial charge in [-0.3, -0.25) is 9.59 Å². The Labute approximate surface area is 122 Å². The Balaban J connectivity index is 2.07. The summed E-state index contributed by atoms with van der Waals surface area (Å²) in [5.41, 5.74) is 6.55. The summed E-state index contributed by atoms with van der Waals surface area (Å²) < 4.78 is 18.5. The summed E-state index contributed by atoms with van der Waals surface area (Å²) in [4.78, 5) is 26.2. The van der Waals surface area contributed by atoms with Gasteiger partial charge in [-0.2, -0.15) is 0 Å². The predicted molar refractivity (Wildman–Crippen MR) is 74.1 cm³/mol. The molecule has 7 heteroatoms. The lowest BCUT2D eigenvalue weighted by Crippen LogP contribution is -2.54. The van der Waals surface area contributed by atoms with Gasteiger partial charge in [0.1, 0.15) is 0 Å². The highest BCUT2D eigenvalue weighted by molar-refractivity contribution is 6.35. The number of nitrogens with two attached hydrogens (primary N) is 1. The summed E-state index contributed by atoms with van der Waals surface area (Å²) in [6, 6.07) is 3.85. The average molecular weight is 295 g/mol. The first-order valence-corrected chi connectivity index (χ1v) is 6.57. The Hall–Kier alpha value is -2.15. The molecule has 0 saturated carbocycles. The molecule has 1 aromatic carbocycles. The third-order valence-corrected chi connectivity index (χ3v) is 3.54. The number of methoxy groups -OCH3 is 1. The molecule has 6 nitrogen and oxygen atoms in total. The van der Waals surface area contributed by atoms with E-state index in [2.05, 4.69) is 0 Å². The van der Waals surface area contributed by atoms with Crippen LogP contribution in [0.2, 0.25) is 0 Å². The van der Waals surface area contributed by atoms with Gasteiger partial charge in [0, 0.05) is 32.7 Å². The molecular formula is C14H18FN3O3. The number of piperazine rings is 1. The lowest BCUT2D eigenvalue weighted by molar-refractivity contribution is -0.155. The van der Waals surface area contributed by atoms with Crippen LogP contribution in [0.5, 0.6) is 5.75 Å². The van der Waals surface area contributed by atoms with Crippen molar-refractivity contribution in [2.45, 2.75) is 6.04 Å². The molecule has 1 saturated heterocycles. The number of rotatable bonds is 4. The maximum atomic E-state index is 13.7. The van der Waals surface area contributed by atoms with Gasteiger partial charge >= 0.3 is 11.8 Å². The number of halogens is 1. The van der Waals surface area contributed by atoms with Crippen LogP contribution in [0, 0.1) is 5.82 Å². The molecule has 114 valence electrons. The molecule has 1 fully saturated rings. The molecule has 0 radical (unpaired) electrons. The number of hydrogen-bond donors (Lipinski definition) is 1. The van der Waals surface area contributed by atoms with Crippen LogP contribution in [-0.4, -0.2) is 55.4 Å². The van der Waals surface area contributed by atoms with Crippen molar-refractivity contribution in [1.82, 2.24) is 9.80 Å². The van der Waals surface area contributed by atoms with E-state index in [0.29, 0.717) is 18.7 Å². The Morgan fingerprint density at radius 3 is 2.67 bits per heavy atom. The van der Waals surface area contributed by atoms with Crippen LogP contribution in [0.15, 0.2) is 18.2 Å². The van der Waals surface area contributed by atoms with E-state index in [4.69, 9.17) is 10.5 Å². The van der Waals surface area contributed by atoms with E-state index in [1.165, 1.54) is 29.0 Å². The Morgan fingerprint density at radius 1 is 1.33 bits per heavy atom. The van der Waals surface area contributed by atoms with Gasteiger partial charge in [-0.1, -0.05) is 6.07 Å². The van der Waals surface area contributed by atoms with Gasteiger partial charge in [0.15, 0.2) is 11.6 Å². The molecule has 2 rings (SSSR count). The second-order valence-corrected chi connectivity index (χ2v) is 4.98. The fraction of sp³-hybridized carbons (Fsp3) is 0.429. The number of carbonyl (C=O) groups excluding carboxylic acids is 2. The second-order valence-electron chi connectivity index (χ2n) is 4.98. The lowest BCUT2D eigenvalue weighted by atomic mass is 10.1. The molecule has 1 atom stereocenters. The molecule has 0 bridgehead atoms. The maximum absolute atomic E-state index is 13.7. The molecule has 0 spiro atoms. The van der Waals surface area contributed by atoms with Crippen molar-refractivity contribution in [2.24, 2.45) is 5.73 Å². The van der Waals surface area contributed by atoms with Gasteiger partial charge in [-0.15, -0.1) is 0 Å². The zero-order valence-corrected chi connectivity index (χ0v) is 12.0. The molecule has 1 aliphatic heterocycles. The molecule has 2 N–H and O–H groups in total. The normalized spacial score (nSPS) is 17.1. The van der Waals surface area contributed by atoms with Gasteiger partial charge in [0.05, 0.1) is 7.11 Å². The van der Waals surface area contributed by atoms with E-state index in [9.17, 15) is 14.0 Å². The number of benzene rings is 1. The summed E-state index contributed by atoms with van der Waals surface area (Å²) in [6.45, 7) is 1.06. The van der Waals surface area contributed by atoms with Gasteiger partial charge < -0.3 is 20.3 Å². The SMILES string of the molecule is COc1ccc(C(N)CN2CCN(C)C(=O)C2=O)cc1F. The molecule has 2 amide bonds. The minimum absolute atomic E-state index is 0.136. The Bertz CT molecular complexity index is 564. The van der Waals surface area contributed by atoms with Gasteiger partial charge in [-0.25, -0.2) is 4.39 Å². The minimum Gasteiger partial charge on any atom is -0.494 e. The van der Waals surface area contributed by atoms with Crippen LogP contribution in [0.25, 0.3) is 0 Å². The quantitative estimate of drug-likeness (QED) is 0.801. The van der Waals surface area contributed by atoms with E-state index in [1.54, 1.807) is 13.1 Å². The smallest absolute Gasteiger partial charge is 0.312 e. The highest BCUT2D eigenvalue weighted by Gasteiger charge is 2.31. The molecule has 1 aliphatic rings. The third kappa shape index (κ3) is 3.13. The summed E-state index contributed by atoms with van der Waals surface area (Å²) in [5, 5.41) is 0. The molecule has 1 aromatic rings. The number of hydrogen-bond acceptors (Lipinski definition) is 4. The number of ether oxygens (including phenoxy) is 1. The number of carbonyl (C=O) groups is 2. The van der Waals surface area contributed by atoms with E-state index in [0.717, 1.165) is 0 Å². The Morgan fingerprint density at radius 2 is 2.05 bits per heavy atom. The highest BCUT2D eigenvalue weighted by Crippen LogP contribution is 2.21. The lowest BCUT2D eigenvalue weighted by Gasteiger charge is -2.33. The van der Waals surface area contributed by atoms with Crippen LogP contribution in [0.3, 0.4) is 0 Å². The van der Waals surface area contributed by atoms with E-state index in [-0.39, 0.29) is 12.3 Å².